The van der Waals surface area contributed by atoms with Gasteiger partial charge in [-0.15, -0.1) is 0 Å². The zero-order valence-corrected chi connectivity index (χ0v) is 13.4. The molecule has 0 amide bonds. The Morgan fingerprint density at radius 3 is 2.09 bits per heavy atom. The van der Waals surface area contributed by atoms with Crippen LogP contribution in [0.15, 0.2) is 29.1 Å². The van der Waals surface area contributed by atoms with E-state index in [-0.39, 0.29) is 5.43 Å². The van der Waals surface area contributed by atoms with Gasteiger partial charge in [0, 0.05) is 5.39 Å². The third-order valence-electron chi connectivity index (χ3n) is 3.82. The lowest BCUT2D eigenvalue weighted by Gasteiger charge is -2.15. The molecule has 3 rings (SSSR count). The highest BCUT2D eigenvalue weighted by Gasteiger charge is 2.20. The van der Waals surface area contributed by atoms with Crippen molar-refractivity contribution in [3.63, 3.8) is 0 Å². The highest BCUT2D eigenvalue weighted by atomic mass is 16.5. The lowest BCUT2D eigenvalue weighted by atomic mass is 10.1. The summed E-state index contributed by atoms with van der Waals surface area (Å²) in [5.41, 5.74) is 1.01. The van der Waals surface area contributed by atoms with Gasteiger partial charge in [0.05, 0.1) is 44.9 Å². The molecule has 1 aromatic heterocycles. The highest BCUT2D eigenvalue weighted by molar-refractivity contribution is 5.99. The second kappa shape index (κ2) is 5.72. The SMILES string of the molecule is COc1cc2c(=O)c3cccc(OC)c3[nH]c2c(OC)c1OC. The summed E-state index contributed by atoms with van der Waals surface area (Å²) < 4.78 is 21.5. The molecule has 0 saturated heterocycles. The Kier molecular flexibility index (Phi) is 3.73. The van der Waals surface area contributed by atoms with E-state index in [1.165, 1.54) is 21.3 Å². The summed E-state index contributed by atoms with van der Waals surface area (Å²) in [4.78, 5) is 16.1. The Morgan fingerprint density at radius 2 is 1.48 bits per heavy atom. The number of para-hydroxylation sites is 1. The molecule has 23 heavy (non-hydrogen) atoms. The summed E-state index contributed by atoms with van der Waals surface area (Å²) in [6.45, 7) is 0. The maximum absolute atomic E-state index is 12.9. The fourth-order valence-electron chi connectivity index (χ4n) is 2.75. The van der Waals surface area contributed by atoms with E-state index in [0.717, 1.165) is 0 Å². The highest BCUT2D eigenvalue weighted by Crippen LogP contribution is 2.42. The molecule has 3 aromatic rings. The third-order valence-corrected chi connectivity index (χ3v) is 3.82. The molecule has 0 aliphatic carbocycles. The van der Waals surface area contributed by atoms with Gasteiger partial charge in [-0.2, -0.15) is 0 Å². The lowest BCUT2D eigenvalue weighted by molar-refractivity contribution is 0.327. The molecule has 0 bridgehead atoms. The Labute approximate surface area is 132 Å². The normalized spacial score (nSPS) is 10.8. The van der Waals surface area contributed by atoms with Gasteiger partial charge in [-0.25, -0.2) is 0 Å². The maximum Gasteiger partial charge on any atom is 0.205 e. The van der Waals surface area contributed by atoms with Crippen LogP contribution >= 0.6 is 0 Å². The first-order valence-corrected chi connectivity index (χ1v) is 6.97. The summed E-state index contributed by atoms with van der Waals surface area (Å²) in [6.07, 6.45) is 0. The van der Waals surface area contributed by atoms with Gasteiger partial charge in [0.1, 0.15) is 5.75 Å². The number of fused-ring (bicyclic) bond motifs is 2. The van der Waals surface area contributed by atoms with Crippen LogP contribution in [0.25, 0.3) is 21.8 Å². The zero-order valence-electron chi connectivity index (χ0n) is 13.4. The molecule has 0 atom stereocenters. The molecule has 1 N–H and O–H groups in total. The number of hydrogen-bond donors (Lipinski definition) is 1. The number of rotatable bonds is 4. The minimum Gasteiger partial charge on any atom is -0.495 e. The van der Waals surface area contributed by atoms with Crippen molar-refractivity contribution in [2.75, 3.05) is 28.4 Å². The minimum atomic E-state index is -0.132. The first-order valence-electron chi connectivity index (χ1n) is 6.97. The van der Waals surface area contributed by atoms with E-state index in [4.69, 9.17) is 18.9 Å². The van der Waals surface area contributed by atoms with Gasteiger partial charge in [0.25, 0.3) is 0 Å². The van der Waals surface area contributed by atoms with Crippen molar-refractivity contribution in [3.8, 4) is 23.0 Å². The Balaban J connectivity index is 2.56. The largest absolute Gasteiger partial charge is 0.495 e. The molecule has 0 unspecified atom stereocenters. The number of ether oxygens (including phenoxy) is 4. The van der Waals surface area contributed by atoms with Gasteiger partial charge in [-0.3, -0.25) is 4.79 Å². The van der Waals surface area contributed by atoms with E-state index < -0.39 is 0 Å². The van der Waals surface area contributed by atoms with E-state index >= 15 is 0 Å². The number of hydrogen-bond acceptors (Lipinski definition) is 5. The molecule has 0 aliphatic rings. The summed E-state index contributed by atoms with van der Waals surface area (Å²) in [7, 11) is 6.11. The number of aromatic nitrogens is 1. The lowest BCUT2D eigenvalue weighted by Crippen LogP contribution is -2.07. The van der Waals surface area contributed by atoms with Crippen molar-refractivity contribution in [1.82, 2.24) is 4.98 Å². The average Bonchev–Trinajstić information content (AvgIpc) is 2.59. The van der Waals surface area contributed by atoms with Crippen LogP contribution in [-0.4, -0.2) is 33.4 Å². The summed E-state index contributed by atoms with van der Waals surface area (Å²) >= 11 is 0. The number of methoxy groups -OCH3 is 4. The molecular weight excluding hydrogens is 298 g/mol. The smallest absolute Gasteiger partial charge is 0.205 e. The molecule has 0 fully saturated rings. The molecule has 120 valence electrons. The monoisotopic (exact) mass is 315 g/mol. The Morgan fingerprint density at radius 1 is 0.783 bits per heavy atom. The van der Waals surface area contributed by atoms with Gasteiger partial charge < -0.3 is 23.9 Å². The second-order valence-electron chi connectivity index (χ2n) is 4.90. The van der Waals surface area contributed by atoms with Gasteiger partial charge in [-0.1, -0.05) is 6.07 Å². The Bertz CT molecular complexity index is 945. The molecule has 6 nitrogen and oxygen atoms in total. The van der Waals surface area contributed by atoms with Crippen molar-refractivity contribution in [1.29, 1.82) is 0 Å². The average molecular weight is 315 g/mol. The summed E-state index contributed by atoms with van der Waals surface area (Å²) in [5.74, 6) is 1.85. The van der Waals surface area contributed by atoms with Crippen molar-refractivity contribution >= 4 is 21.8 Å². The van der Waals surface area contributed by atoms with Crippen molar-refractivity contribution in [2.24, 2.45) is 0 Å². The molecule has 0 radical (unpaired) electrons. The van der Waals surface area contributed by atoms with E-state index in [1.807, 2.05) is 0 Å². The van der Waals surface area contributed by atoms with Crippen LogP contribution in [0.5, 0.6) is 23.0 Å². The third kappa shape index (κ3) is 2.14. The van der Waals surface area contributed by atoms with Crippen LogP contribution < -0.4 is 24.4 Å². The van der Waals surface area contributed by atoms with Crippen LogP contribution in [-0.2, 0) is 0 Å². The van der Waals surface area contributed by atoms with Crippen molar-refractivity contribution in [2.45, 2.75) is 0 Å². The molecule has 0 spiro atoms. The van der Waals surface area contributed by atoms with Crippen LogP contribution in [0.3, 0.4) is 0 Å². The maximum atomic E-state index is 12.9. The molecular formula is C17H17NO5. The van der Waals surface area contributed by atoms with Gasteiger partial charge in [0.2, 0.25) is 5.75 Å². The fraction of sp³-hybridized carbons (Fsp3) is 0.235. The van der Waals surface area contributed by atoms with Crippen molar-refractivity contribution < 1.29 is 18.9 Å². The van der Waals surface area contributed by atoms with Crippen LogP contribution in [0.4, 0.5) is 0 Å². The summed E-state index contributed by atoms with van der Waals surface area (Å²) in [5, 5.41) is 0.992. The molecule has 0 aliphatic heterocycles. The van der Waals surface area contributed by atoms with E-state index in [0.29, 0.717) is 44.8 Å². The molecule has 0 saturated carbocycles. The van der Waals surface area contributed by atoms with Crippen LogP contribution in [0.1, 0.15) is 0 Å². The standard InChI is InChI=1S/C17H17NO5/c1-20-11-7-5-6-9-13(11)18-14-10(15(9)19)8-12(21-2)16(22-3)17(14)23-4/h5-8H,1-4H3,(H,18,19). The van der Waals surface area contributed by atoms with E-state index in [2.05, 4.69) is 4.98 Å². The predicted molar refractivity (Wildman–Crippen MR) is 88.3 cm³/mol. The second-order valence-corrected chi connectivity index (χ2v) is 4.90. The number of pyridine rings is 1. The van der Waals surface area contributed by atoms with Crippen LogP contribution in [0.2, 0.25) is 0 Å². The fourth-order valence-corrected chi connectivity index (χ4v) is 2.75. The molecule has 6 heteroatoms. The number of aromatic amines is 1. The van der Waals surface area contributed by atoms with Gasteiger partial charge in [-0.05, 0) is 18.2 Å². The zero-order chi connectivity index (χ0) is 16.6. The first-order chi connectivity index (χ1) is 11.2. The molecule has 1 heterocycles. The first kappa shape index (κ1) is 15.0. The minimum absolute atomic E-state index is 0.132. The van der Waals surface area contributed by atoms with Crippen LogP contribution in [0, 0.1) is 0 Å². The summed E-state index contributed by atoms with van der Waals surface area (Å²) in [6, 6.07) is 6.96. The number of nitrogens with one attached hydrogen (secondary N) is 1. The Hall–Kier alpha value is -2.89. The van der Waals surface area contributed by atoms with Crippen molar-refractivity contribution in [3.05, 3.63) is 34.5 Å². The van der Waals surface area contributed by atoms with E-state index in [9.17, 15) is 4.79 Å². The number of H-pyrrole nitrogens is 1. The van der Waals surface area contributed by atoms with E-state index in [1.54, 1.807) is 31.4 Å². The molecule has 2 aromatic carbocycles. The predicted octanol–water partition coefficient (Wildman–Crippen LogP) is 2.72. The van der Waals surface area contributed by atoms with Gasteiger partial charge >= 0.3 is 0 Å². The topological polar surface area (TPSA) is 69.8 Å². The van der Waals surface area contributed by atoms with Gasteiger partial charge in [0.15, 0.2) is 16.9 Å². The quantitative estimate of drug-likeness (QED) is 0.750. The number of benzene rings is 2.